The molecule has 0 saturated heterocycles. The molecule has 1 atom stereocenters. The molecule has 154 valence electrons. The molecule has 0 unspecified atom stereocenters. The van der Waals surface area contributed by atoms with Gasteiger partial charge in [-0.25, -0.2) is 4.79 Å². The fourth-order valence-electron chi connectivity index (χ4n) is 2.23. The van der Waals surface area contributed by atoms with Crippen LogP contribution in [0.1, 0.15) is 22.5 Å². The number of amides is 2. The van der Waals surface area contributed by atoms with Gasteiger partial charge in [0, 0.05) is 4.47 Å². The Balaban J connectivity index is 2.27. The lowest BCUT2D eigenvalue weighted by Gasteiger charge is -2.16. The molecule has 2 amide bonds. The largest absolute Gasteiger partial charge is 0.480 e. The Bertz CT molecular complexity index is 912. The van der Waals surface area contributed by atoms with Crippen LogP contribution in [0, 0.1) is 0 Å². The summed E-state index contributed by atoms with van der Waals surface area (Å²) in [5, 5.41) is 14.3. The van der Waals surface area contributed by atoms with Gasteiger partial charge in [-0.05, 0) is 70.3 Å². The van der Waals surface area contributed by atoms with Gasteiger partial charge in [0.25, 0.3) is 11.8 Å². The van der Waals surface area contributed by atoms with Gasteiger partial charge in [-0.2, -0.15) is 11.8 Å². The molecular formula is C19H18Br2N2O5S. The van der Waals surface area contributed by atoms with Gasteiger partial charge in [0.15, 0.2) is 10.4 Å². The van der Waals surface area contributed by atoms with E-state index in [0.29, 0.717) is 16.0 Å². The van der Waals surface area contributed by atoms with E-state index in [2.05, 4.69) is 42.5 Å². The Morgan fingerprint density at radius 1 is 1.17 bits per heavy atom. The first-order valence-electron chi connectivity index (χ1n) is 8.36. The Hall–Kier alpha value is -2.04. The molecule has 3 N–H and O–H groups in total. The lowest BCUT2D eigenvalue weighted by atomic mass is 10.1. The van der Waals surface area contributed by atoms with Crippen LogP contribution in [0.3, 0.4) is 0 Å². The summed E-state index contributed by atoms with van der Waals surface area (Å²) in [6.45, 7) is 0. The molecule has 7 nitrogen and oxygen atoms in total. The molecule has 0 aliphatic heterocycles. The highest BCUT2D eigenvalue weighted by Gasteiger charge is 2.23. The predicted molar refractivity (Wildman–Crippen MR) is 119 cm³/mol. The molecular weight excluding hydrogens is 528 g/mol. The normalized spacial score (nSPS) is 12.3. The highest BCUT2D eigenvalue weighted by molar-refractivity contribution is 9.10. The number of thioether (sulfide) groups is 1. The zero-order chi connectivity index (χ0) is 21.4. The van der Waals surface area contributed by atoms with Crippen molar-refractivity contribution in [2.24, 2.45) is 0 Å². The fourth-order valence-corrected chi connectivity index (χ4v) is 3.28. The second-order valence-electron chi connectivity index (χ2n) is 5.81. The van der Waals surface area contributed by atoms with Crippen LogP contribution < -0.4 is 10.6 Å². The summed E-state index contributed by atoms with van der Waals surface area (Å²) in [7, 11) is 0. The first-order chi connectivity index (χ1) is 13.8. The van der Waals surface area contributed by atoms with E-state index in [9.17, 15) is 19.5 Å². The second-order valence-corrected chi connectivity index (χ2v) is 8.50. The third-order valence-electron chi connectivity index (χ3n) is 3.68. The molecule has 2 rings (SSSR count). The average molecular weight is 546 g/mol. The van der Waals surface area contributed by atoms with Crippen molar-refractivity contribution in [3.63, 3.8) is 0 Å². The molecule has 0 aliphatic carbocycles. The molecule has 0 spiro atoms. The van der Waals surface area contributed by atoms with Crippen molar-refractivity contribution in [2.45, 2.75) is 12.5 Å². The van der Waals surface area contributed by atoms with Gasteiger partial charge in [0.05, 0.1) is 0 Å². The predicted octanol–water partition coefficient (Wildman–Crippen LogP) is 3.90. The number of carboxylic acid groups (broad SMARTS) is 1. The molecule has 1 aromatic carbocycles. The summed E-state index contributed by atoms with van der Waals surface area (Å²) >= 11 is 7.93. The van der Waals surface area contributed by atoms with Crippen LogP contribution in [-0.4, -0.2) is 40.9 Å². The highest BCUT2D eigenvalue weighted by atomic mass is 79.9. The van der Waals surface area contributed by atoms with Crippen molar-refractivity contribution < 1.29 is 23.9 Å². The van der Waals surface area contributed by atoms with E-state index in [1.54, 1.807) is 30.3 Å². The molecule has 10 heteroatoms. The van der Waals surface area contributed by atoms with Gasteiger partial charge in [0.1, 0.15) is 11.7 Å². The molecule has 2 aromatic rings. The molecule has 0 saturated carbocycles. The number of carbonyl (C=O) groups is 3. The summed E-state index contributed by atoms with van der Waals surface area (Å²) in [6, 6.07) is 8.99. The Morgan fingerprint density at radius 2 is 1.86 bits per heavy atom. The fraction of sp³-hybridized carbons (Fsp3) is 0.211. The lowest BCUT2D eigenvalue weighted by molar-refractivity contribution is -0.141. The SMILES string of the molecule is CSCC[C@@H](NC(=O)/C(=C/c1ccc(Br)cc1)NC(=O)c1ccc(Br)o1)C(=O)O. The van der Waals surface area contributed by atoms with Crippen LogP contribution in [-0.2, 0) is 9.59 Å². The highest BCUT2D eigenvalue weighted by Crippen LogP contribution is 2.16. The molecule has 1 aromatic heterocycles. The number of rotatable bonds is 9. The first-order valence-corrected chi connectivity index (χ1v) is 11.3. The van der Waals surface area contributed by atoms with Gasteiger partial charge in [-0.1, -0.05) is 28.1 Å². The Kier molecular flexibility index (Phi) is 8.99. The van der Waals surface area contributed by atoms with Crippen molar-refractivity contribution in [2.75, 3.05) is 12.0 Å². The standard InChI is InChI=1S/C19H18Br2N2O5S/c1-29-9-8-13(19(26)27)22-17(24)14(10-11-2-4-12(20)5-3-11)23-18(25)15-6-7-16(21)28-15/h2-7,10,13H,8-9H2,1H3,(H,22,24)(H,23,25)(H,26,27)/b14-10-/t13-/m1/s1. The molecule has 0 bridgehead atoms. The lowest BCUT2D eigenvalue weighted by Crippen LogP contribution is -2.44. The van der Waals surface area contributed by atoms with Gasteiger partial charge in [-0.3, -0.25) is 9.59 Å². The third kappa shape index (κ3) is 7.37. The topological polar surface area (TPSA) is 109 Å². The van der Waals surface area contributed by atoms with Gasteiger partial charge in [-0.15, -0.1) is 0 Å². The zero-order valence-corrected chi connectivity index (χ0v) is 19.3. The maximum Gasteiger partial charge on any atom is 0.326 e. The monoisotopic (exact) mass is 544 g/mol. The van der Waals surface area contributed by atoms with Crippen molar-refractivity contribution in [1.29, 1.82) is 0 Å². The number of carbonyl (C=O) groups excluding carboxylic acids is 2. The van der Waals surface area contributed by atoms with Gasteiger partial charge in [0.2, 0.25) is 0 Å². The van der Waals surface area contributed by atoms with Crippen molar-refractivity contribution in [3.8, 4) is 0 Å². The average Bonchev–Trinajstić information content (AvgIpc) is 3.12. The van der Waals surface area contributed by atoms with Crippen molar-refractivity contribution in [3.05, 3.63) is 62.6 Å². The van der Waals surface area contributed by atoms with E-state index in [-0.39, 0.29) is 17.9 Å². The quantitative estimate of drug-likeness (QED) is 0.412. The number of benzene rings is 1. The van der Waals surface area contributed by atoms with Crippen molar-refractivity contribution in [1.82, 2.24) is 10.6 Å². The maximum atomic E-state index is 12.8. The number of halogens is 2. The summed E-state index contributed by atoms with van der Waals surface area (Å²) in [6.07, 6.45) is 3.57. The van der Waals surface area contributed by atoms with Gasteiger partial charge < -0.3 is 20.2 Å². The number of carboxylic acids is 1. The van der Waals surface area contributed by atoms with Crippen LogP contribution in [0.15, 0.2) is 55.7 Å². The zero-order valence-electron chi connectivity index (χ0n) is 15.3. The third-order valence-corrected chi connectivity index (χ3v) is 5.28. The van der Waals surface area contributed by atoms with Crippen molar-refractivity contribution >= 4 is 67.5 Å². The van der Waals surface area contributed by atoms with E-state index >= 15 is 0 Å². The van der Waals surface area contributed by atoms with Crippen LogP contribution in [0.5, 0.6) is 0 Å². The van der Waals surface area contributed by atoms with E-state index in [4.69, 9.17) is 4.42 Å². The summed E-state index contributed by atoms with van der Waals surface area (Å²) in [5.41, 5.74) is 0.551. The Labute approximate surface area is 188 Å². The number of furan rings is 1. The van der Waals surface area contributed by atoms with Crippen LogP contribution in [0.2, 0.25) is 0 Å². The minimum atomic E-state index is -1.14. The number of hydrogen-bond acceptors (Lipinski definition) is 5. The van der Waals surface area contributed by atoms with Crippen LogP contribution in [0.25, 0.3) is 6.08 Å². The summed E-state index contributed by atoms with van der Waals surface area (Å²) in [5.74, 6) is -1.92. The Morgan fingerprint density at radius 3 is 2.41 bits per heavy atom. The van der Waals surface area contributed by atoms with E-state index < -0.39 is 23.8 Å². The molecule has 1 heterocycles. The second kappa shape index (κ2) is 11.2. The molecule has 0 aliphatic rings. The number of hydrogen-bond donors (Lipinski definition) is 3. The maximum absolute atomic E-state index is 12.8. The first kappa shape index (κ1) is 23.2. The summed E-state index contributed by atoms with van der Waals surface area (Å²) in [4.78, 5) is 36.6. The molecule has 0 fully saturated rings. The number of aliphatic carboxylic acids is 1. The summed E-state index contributed by atoms with van der Waals surface area (Å²) < 4.78 is 6.43. The minimum Gasteiger partial charge on any atom is -0.480 e. The smallest absolute Gasteiger partial charge is 0.326 e. The van der Waals surface area contributed by atoms with Crippen LogP contribution in [0.4, 0.5) is 0 Å². The van der Waals surface area contributed by atoms with E-state index in [1.807, 2.05) is 6.26 Å². The van der Waals surface area contributed by atoms with Gasteiger partial charge >= 0.3 is 5.97 Å². The number of nitrogens with one attached hydrogen (secondary N) is 2. The molecule has 29 heavy (non-hydrogen) atoms. The van der Waals surface area contributed by atoms with E-state index in [0.717, 1.165) is 4.47 Å². The minimum absolute atomic E-state index is 0.00329. The molecule has 0 radical (unpaired) electrons. The van der Waals surface area contributed by atoms with Crippen LogP contribution >= 0.6 is 43.6 Å². The van der Waals surface area contributed by atoms with E-state index in [1.165, 1.54) is 23.9 Å².